The fourth-order valence-corrected chi connectivity index (χ4v) is 6.30. The summed E-state index contributed by atoms with van der Waals surface area (Å²) in [4.78, 5) is 2.58. The van der Waals surface area contributed by atoms with Crippen LogP contribution in [0.2, 0.25) is 0 Å². The van der Waals surface area contributed by atoms with Crippen molar-refractivity contribution in [1.82, 2.24) is 0 Å². The fourth-order valence-electron chi connectivity index (χ4n) is 5.11. The van der Waals surface area contributed by atoms with Gasteiger partial charge < -0.3 is 9.47 Å². The number of fused-ring (bicyclic) bond motifs is 9. The van der Waals surface area contributed by atoms with Crippen LogP contribution >= 0.6 is 11.8 Å². The smallest absolute Gasteiger partial charge is 0.119 e. The highest BCUT2D eigenvalue weighted by Crippen LogP contribution is 2.62. The van der Waals surface area contributed by atoms with Crippen molar-refractivity contribution < 1.29 is 9.47 Å². The van der Waals surface area contributed by atoms with Crippen LogP contribution in [0.15, 0.2) is 94.7 Å². The minimum absolute atomic E-state index is 0.397. The van der Waals surface area contributed by atoms with Crippen LogP contribution in [-0.4, -0.2) is 14.2 Å². The Balaban J connectivity index is 1.83. The van der Waals surface area contributed by atoms with Gasteiger partial charge in [0.2, 0.25) is 0 Å². The summed E-state index contributed by atoms with van der Waals surface area (Å²) in [5.41, 5.74) is 7.28. The molecule has 0 bridgehead atoms. The average molecular weight is 409 g/mol. The van der Waals surface area contributed by atoms with Crippen LogP contribution in [0, 0.1) is 0 Å². The predicted molar refractivity (Wildman–Crippen MR) is 121 cm³/mol. The van der Waals surface area contributed by atoms with E-state index in [1.54, 1.807) is 14.2 Å². The zero-order valence-electron chi connectivity index (χ0n) is 16.8. The lowest BCUT2D eigenvalue weighted by atomic mass is 9.67. The van der Waals surface area contributed by atoms with Gasteiger partial charge in [0, 0.05) is 9.79 Å². The molecule has 0 fully saturated rings. The standard InChI is InChI=1S/C27H20O2S/c1-28-17-11-13-19-20-14-12-18(29-2)16-24(20)27(23(19)15-17)21-7-3-5-9-25(21)30-26-10-6-4-8-22(26)27/h3-16H,1-2H3. The maximum absolute atomic E-state index is 5.66. The van der Waals surface area contributed by atoms with Crippen LogP contribution in [0.25, 0.3) is 11.1 Å². The van der Waals surface area contributed by atoms with Crippen molar-refractivity contribution in [3.05, 3.63) is 107 Å². The summed E-state index contributed by atoms with van der Waals surface area (Å²) in [7, 11) is 3.47. The molecule has 1 aliphatic carbocycles. The van der Waals surface area contributed by atoms with Crippen LogP contribution in [0.4, 0.5) is 0 Å². The third-order valence-electron chi connectivity index (χ3n) is 6.35. The third kappa shape index (κ3) is 2.16. The molecule has 3 heteroatoms. The minimum atomic E-state index is -0.397. The first-order valence-electron chi connectivity index (χ1n) is 10.0. The molecule has 0 aromatic heterocycles. The lowest BCUT2D eigenvalue weighted by molar-refractivity contribution is 0.413. The van der Waals surface area contributed by atoms with E-state index in [1.165, 1.54) is 43.2 Å². The van der Waals surface area contributed by atoms with Crippen LogP contribution in [-0.2, 0) is 5.41 Å². The van der Waals surface area contributed by atoms with Crippen LogP contribution < -0.4 is 9.47 Å². The summed E-state index contributed by atoms with van der Waals surface area (Å²) in [5, 5.41) is 0. The second-order valence-electron chi connectivity index (χ2n) is 7.67. The Hall–Kier alpha value is -3.17. The first-order chi connectivity index (χ1) is 14.8. The first kappa shape index (κ1) is 17.7. The van der Waals surface area contributed by atoms with Gasteiger partial charge in [-0.1, -0.05) is 60.3 Å². The molecule has 0 amide bonds. The van der Waals surface area contributed by atoms with Crippen LogP contribution in [0.5, 0.6) is 11.5 Å². The summed E-state index contributed by atoms with van der Waals surface area (Å²) in [5.74, 6) is 1.75. The molecule has 4 aromatic carbocycles. The number of hydrogen-bond donors (Lipinski definition) is 0. The Bertz CT molecular complexity index is 1210. The van der Waals surface area contributed by atoms with E-state index in [9.17, 15) is 0 Å². The fraction of sp³-hybridized carbons (Fsp3) is 0.111. The number of rotatable bonds is 2. The Morgan fingerprint density at radius 1 is 0.567 bits per heavy atom. The molecule has 0 atom stereocenters. The lowest BCUT2D eigenvalue weighted by Crippen LogP contribution is -2.32. The van der Waals surface area contributed by atoms with E-state index in [2.05, 4.69) is 84.9 Å². The number of hydrogen-bond acceptors (Lipinski definition) is 3. The maximum atomic E-state index is 5.66. The van der Waals surface area contributed by atoms with Crippen LogP contribution in [0.1, 0.15) is 22.3 Å². The van der Waals surface area contributed by atoms with Gasteiger partial charge in [0.05, 0.1) is 19.6 Å². The lowest BCUT2D eigenvalue weighted by Gasteiger charge is -2.39. The van der Waals surface area contributed by atoms with Crippen molar-refractivity contribution >= 4 is 11.8 Å². The van der Waals surface area contributed by atoms with Gasteiger partial charge in [0.15, 0.2) is 0 Å². The van der Waals surface area contributed by atoms with E-state index in [0.717, 1.165) is 11.5 Å². The molecular formula is C27H20O2S. The van der Waals surface area contributed by atoms with Crippen molar-refractivity contribution in [3.8, 4) is 22.6 Å². The molecule has 2 aliphatic rings. The third-order valence-corrected chi connectivity index (χ3v) is 7.51. The summed E-state index contributed by atoms with van der Waals surface area (Å²) in [6.45, 7) is 0. The highest BCUT2D eigenvalue weighted by Gasteiger charge is 2.50. The molecule has 146 valence electrons. The molecule has 1 aliphatic heterocycles. The maximum Gasteiger partial charge on any atom is 0.119 e. The highest BCUT2D eigenvalue weighted by molar-refractivity contribution is 7.99. The van der Waals surface area contributed by atoms with Gasteiger partial charge in [-0.05, 0) is 69.8 Å². The van der Waals surface area contributed by atoms with Crippen molar-refractivity contribution in [1.29, 1.82) is 0 Å². The predicted octanol–water partition coefficient (Wildman–Crippen LogP) is 6.53. The average Bonchev–Trinajstić information content (AvgIpc) is 3.09. The second-order valence-corrected chi connectivity index (χ2v) is 8.75. The SMILES string of the molecule is COc1ccc2c(c1)C1(c3ccccc3Sc3ccccc31)c1cc(OC)ccc1-2. The zero-order chi connectivity index (χ0) is 20.3. The van der Waals surface area contributed by atoms with Crippen LogP contribution in [0.3, 0.4) is 0 Å². The van der Waals surface area contributed by atoms with Gasteiger partial charge in [-0.3, -0.25) is 0 Å². The molecule has 30 heavy (non-hydrogen) atoms. The summed E-state index contributed by atoms with van der Waals surface area (Å²) >= 11 is 1.85. The second kappa shape index (κ2) is 6.41. The van der Waals surface area contributed by atoms with Crippen molar-refractivity contribution in [2.45, 2.75) is 15.2 Å². The van der Waals surface area contributed by atoms with Crippen molar-refractivity contribution in [3.63, 3.8) is 0 Å². The largest absolute Gasteiger partial charge is 0.497 e. The molecule has 0 saturated carbocycles. The van der Waals surface area contributed by atoms with Crippen molar-refractivity contribution in [2.75, 3.05) is 14.2 Å². The van der Waals surface area contributed by atoms with Crippen molar-refractivity contribution in [2.24, 2.45) is 0 Å². The van der Waals surface area contributed by atoms with E-state index in [4.69, 9.17) is 9.47 Å². The van der Waals surface area contributed by atoms with Gasteiger partial charge in [0.25, 0.3) is 0 Å². The summed E-state index contributed by atoms with van der Waals surface area (Å²) < 4.78 is 11.3. The molecule has 2 nitrogen and oxygen atoms in total. The molecule has 4 aromatic rings. The number of methoxy groups -OCH3 is 2. The van der Waals surface area contributed by atoms with E-state index in [-0.39, 0.29) is 0 Å². The molecule has 1 heterocycles. The number of ether oxygens (including phenoxy) is 2. The quantitative estimate of drug-likeness (QED) is 0.324. The summed E-state index contributed by atoms with van der Waals surface area (Å²) in [6.07, 6.45) is 0. The van der Waals surface area contributed by atoms with E-state index in [0.29, 0.717) is 0 Å². The monoisotopic (exact) mass is 408 g/mol. The summed E-state index contributed by atoms with van der Waals surface area (Å²) in [6, 6.07) is 30.5. The molecule has 6 rings (SSSR count). The Labute approximate surface area is 180 Å². The Morgan fingerprint density at radius 3 is 1.50 bits per heavy atom. The van der Waals surface area contributed by atoms with Gasteiger partial charge in [-0.15, -0.1) is 0 Å². The molecule has 0 saturated heterocycles. The normalized spacial score (nSPS) is 14.5. The van der Waals surface area contributed by atoms with Gasteiger partial charge >= 0.3 is 0 Å². The Kier molecular flexibility index (Phi) is 3.78. The minimum Gasteiger partial charge on any atom is -0.497 e. The first-order valence-corrected chi connectivity index (χ1v) is 10.8. The topological polar surface area (TPSA) is 18.5 Å². The number of benzene rings is 4. The van der Waals surface area contributed by atoms with Gasteiger partial charge in [-0.25, -0.2) is 0 Å². The highest BCUT2D eigenvalue weighted by atomic mass is 32.2. The van der Waals surface area contributed by atoms with Gasteiger partial charge in [-0.2, -0.15) is 0 Å². The van der Waals surface area contributed by atoms with E-state index in [1.807, 2.05) is 11.8 Å². The molecule has 1 spiro atoms. The molecule has 0 unspecified atom stereocenters. The molecular weight excluding hydrogens is 388 g/mol. The zero-order valence-corrected chi connectivity index (χ0v) is 17.6. The van der Waals surface area contributed by atoms with E-state index < -0.39 is 5.41 Å². The molecule has 0 N–H and O–H groups in total. The Morgan fingerprint density at radius 2 is 1.03 bits per heavy atom. The van der Waals surface area contributed by atoms with E-state index >= 15 is 0 Å². The molecule has 0 radical (unpaired) electrons. The van der Waals surface area contributed by atoms with Gasteiger partial charge in [0.1, 0.15) is 11.5 Å².